The van der Waals surface area contributed by atoms with Crippen molar-refractivity contribution >= 4 is 17.4 Å². The van der Waals surface area contributed by atoms with Gasteiger partial charge in [0.15, 0.2) is 11.9 Å². The second kappa shape index (κ2) is 9.61. The summed E-state index contributed by atoms with van der Waals surface area (Å²) in [6.07, 6.45) is 10.5. The average Bonchev–Trinajstić information content (AvgIpc) is 2.90. The Labute approximate surface area is 177 Å². The molecule has 2 aromatic rings. The van der Waals surface area contributed by atoms with Gasteiger partial charge in [-0.15, -0.1) is 10.2 Å². The second-order valence-corrected chi connectivity index (χ2v) is 9.03. The van der Waals surface area contributed by atoms with Gasteiger partial charge in [-0.05, 0) is 38.7 Å². The fourth-order valence-electron chi connectivity index (χ4n) is 3.90. The van der Waals surface area contributed by atoms with Gasteiger partial charge in [-0.3, -0.25) is 0 Å². The molecule has 5 nitrogen and oxygen atoms in total. The van der Waals surface area contributed by atoms with Crippen LogP contribution in [0.2, 0.25) is 0 Å². The second-order valence-electron chi connectivity index (χ2n) is 7.97. The lowest BCUT2D eigenvalue weighted by Crippen LogP contribution is -2.35. The third kappa shape index (κ3) is 4.92. The number of hydrogen-bond donors (Lipinski definition) is 1. The predicted molar refractivity (Wildman–Crippen MR) is 119 cm³/mol. The molecule has 154 valence electrons. The molecule has 1 aromatic carbocycles. The van der Waals surface area contributed by atoms with Crippen LogP contribution in [0.15, 0.2) is 41.1 Å². The number of allylic oxidation sites excluding steroid dienone is 2. The van der Waals surface area contributed by atoms with E-state index < -0.39 is 0 Å². The summed E-state index contributed by atoms with van der Waals surface area (Å²) in [4.78, 5) is 4.76. The van der Waals surface area contributed by atoms with Crippen molar-refractivity contribution in [1.29, 1.82) is 0 Å². The molecule has 0 amide bonds. The molecular weight excluding hydrogens is 380 g/mol. The molecule has 0 saturated carbocycles. The highest BCUT2D eigenvalue weighted by Gasteiger charge is 2.31. The van der Waals surface area contributed by atoms with E-state index in [0.717, 1.165) is 42.0 Å². The fraction of sp³-hybridized carbons (Fsp3) is 0.522. The Hall–Kier alpha value is -2.08. The number of ether oxygens (including phenoxy) is 1. The third-order valence-corrected chi connectivity index (χ3v) is 6.61. The molecule has 0 saturated heterocycles. The summed E-state index contributed by atoms with van der Waals surface area (Å²) in [6, 6.07) is 8.21. The van der Waals surface area contributed by atoms with E-state index in [-0.39, 0.29) is 6.23 Å². The van der Waals surface area contributed by atoms with Crippen LogP contribution in [0.4, 0.5) is 5.69 Å². The molecule has 0 spiro atoms. The van der Waals surface area contributed by atoms with E-state index in [1.807, 2.05) is 12.1 Å². The molecule has 1 aliphatic carbocycles. The molecule has 1 aromatic heterocycles. The van der Waals surface area contributed by atoms with Crippen molar-refractivity contribution in [2.24, 2.45) is 5.92 Å². The highest BCUT2D eigenvalue weighted by Crippen LogP contribution is 2.39. The minimum absolute atomic E-state index is 0.110. The fourth-order valence-corrected chi connectivity index (χ4v) is 4.67. The van der Waals surface area contributed by atoms with Crippen molar-refractivity contribution in [3.05, 3.63) is 35.9 Å². The maximum atomic E-state index is 6.43. The summed E-state index contributed by atoms with van der Waals surface area (Å²) >= 11 is 1.67. The van der Waals surface area contributed by atoms with Crippen LogP contribution in [0.5, 0.6) is 5.88 Å². The molecule has 0 unspecified atom stereocenters. The van der Waals surface area contributed by atoms with Crippen LogP contribution >= 0.6 is 11.8 Å². The molecular formula is C23H30N4OS. The standard InChI is InChI=1S/C23H30N4OS/c1-3-4-5-8-15-29-23-25-22-20(26-27-23)18-9-6-7-10-19(18)24-21(28-22)17-13-11-16(2)12-14-17/h6-7,9-11,17,21,24H,3-5,8,12-15H2,1-2H3/t17-,21-/m1/s1. The average molecular weight is 411 g/mol. The van der Waals surface area contributed by atoms with Crippen LogP contribution in [-0.4, -0.2) is 27.2 Å². The minimum atomic E-state index is -0.110. The first-order valence-corrected chi connectivity index (χ1v) is 11.8. The number of rotatable bonds is 7. The number of aromatic nitrogens is 3. The predicted octanol–water partition coefficient (Wildman–Crippen LogP) is 6.09. The van der Waals surface area contributed by atoms with Gasteiger partial charge >= 0.3 is 0 Å². The zero-order valence-electron chi connectivity index (χ0n) is 17.4. The molecule has 4 rings (SSSR count). The molecule has 29 heavy (non-hydrogen) atoms. The van der Waals surface area contributed by atoms with Gasteiger partial charge in [0.1, 0.15) is 0 Å². The Kier molecular flexibility index (Phi) is 6.70. The number of para-hydroxylation sites is 1. The van der Waals surface area contributed by atoms with E-state index in [2.05, 4.69) is 47.6 Å². The minimum Gasteiger partial charge on any atom is -0.452 e. The number of benzene rings is 1. The molecule has 2 heterocycles. The number of fused-ring (bicyclic) bond motifs is 3. The van der Waals surface area contributed by atoms with E-state index >= 15 is 0 Å². The van der Waals surface area contributed by atoms with E-state index in [4.69, 9.17) is 9.72 Å². The zero-order chi connectivity index (χ0) is 20.1. The summed E-state index contributed by atoms with van der Waals surface area (Å²) in [5.41, 5.74) is 4.25. The molecule has 2 aliphatic rings. The lowest BCUT2D eigenvalue weighted by atomic mass is 9.89. The van der Waals surface area contributed by atoms with Crippen molar-refractivity contribution in [3.8, 4) is 17.1 Å². The lowest BCUT2D eigenvalue weighted by molar-refractivity contribution is 0.145. The summed E-state index contributed by atoms with van der Waals surface area (Å²) in [5.74, 6) is 2.04. The maximum Gasteiger partial charge on any atom is 0.247 e. The number of unbranched alkanes of at least 4 members (excludes halogenated alkanes) is 3. The molecule has 0 bridgehead atoms. The number of hydrogen-bond acceptors (Lipinski definition) is 6. The Morgan fingerprint density at radius 1 is 1.17 bits per heavy atom. The topological polar surface area (TPSA) is 59.9 Å². The van der Waals surface area contributed by atoms with Gasteiger partial charge in [-0.2, -0.15) is 4.98 Å². The van der Waals surface area contributed by atoms with Crippen molar-refractivity contribution in [2.45, 2.75) is 70.2 Å². The molecule has 0 fully saturated rings. The maximum absolute atomic E-state index is 6.43. The highest BCUT2D eigenvalue weighted by molar-refractivity contribution is 7.99. The number of nitrogens with zero attached hydrogens (tertiary/aromatic N) is 3. The van der Waals surface area contributed by atoms with E-state index in [1.54, 1.807) is 11.8 Å². The van der Waals surface area contributed by atoms with Crippen LogP contribution in [0, 0.1) is 5.92 Å². The van der Waals surface area contributed by atoms with Gasteiger partial charge in [0.25, 0.3) is 0 Å². The van der Waals surface area contributed by atoms with E-state index in [1.165, 1.54) is 31.3 Å². The normalized spacial score (nSPS) is 20.6. The van der Waals surface area contributed by atoms with Gasteiger partial charge in [-0.1, -0.05) is 67.8 Å². The molecule has 1 N–H and O–H groups in total. The van der Waals surface area contributed by atoms with Crippen LogP contribution in [0.25, 0.3) is 11.3 Å². The number of nitrogens with one attached hydrogen (secondary N) is 1. The number of thioether (sulfide) groups is 1. The van der Waals surface area contributed by atoms with Crippen LogP contribution < -0.4 is 10.1 Å². The SMILES string of the molecule is CCCCCCSc1nnc2c(n1)O[C@H]([C@@H]1CC=C(C)CC1)Nc1ccccc1-2. The summed E-state index contributed by atoms with van der Waals surface area (Å²) in [6.45, 7) is 4.44. The molecule has 0 radical (unpaired) electrons. The van der Waals surface area contributed by atoms with Gasteiger partial charge in [0, 0.05) is 22.9 Å². The highest BCUT2D eigenvalue weighted by atomic mass is 32.2. The first-order chi connectivity index (χ1) is 14.2. The third-order valence-electron chi connectivity index (χ3n) is 5.69. The van der Waals surface area contributed by atoms with Gasteiger partial charge in [-0.25, -0.2) is 0 Å². The zero-order valence-corrected chi connectivity index (χ0v) is 18.2. The lowest BCUT2D eigenvalue weighted by Gasteiger charge is -2.29. The van der Waals surface area contributed by atoms with Crippen LogP contribution in [0.3, 0.4) is 0 Å². The first kappa shape index (κ1) is 20.2. The smallest absolute Gasteiger partial charge is 0.247 e. The van der Waals surface area contributed by atoms with E-state index in [9.17, 15) is 0 Å². The van der Waals surface area contributed by atoms with Crippen molar-refractivity contribution in [2.75, 3.05) is 11.1 Å². The van der Waals surface area contributed by atoms with Crippen LogP contribution in [-0.2, 0) is 0 Å². The quantitative estimate of drug-likeness (QED) is 0.339. The summed E-state index contributed by atoms with van der Waals surface area (Å²) in [5, 5.41) is 13.2. The van der Waals surface area contributed by atoms with Gasteiger partial charge in [0.05, 0.1) is 0 Å². The first-order valence-electron chi connectivity index (χ1n) is 10.8. The summed E-state index contributed by atoms with van der Waals surface area (Å²) in [7, 11) is 0. The molecule has 2 atom stereocenters. The van der Waals surface area contributed by atoms with Crippen molar-refractivity contribution in [3.63, 3.8) is 0 Å². The Bertz CT molecular complexity index is 870. The van der Waals surface area contributed by atoms with Crippen molar-refractivity contribution < 1.29 is 4.74 Å². The Balaban J connectivity index is 1.57. The Morgan fingerprint density at radius 2 is 2.07 bits per heavy atom. The van der Waals surface area contributed by atoms with Gasteiger partial charge < -0.3 is 10.1 Å². The monoisotopic (exact) mass is 410 g/mol. The number of anilines is 1. The molecule has 6 heteroatoms. The molecule has 1 aliphatic heterocycles. The Morgan fingerprint density at radius 3 is 2.90 bits per heavy atom. The van der Waals surface area contributed by atoms with Crippen LogP contribution in [0.1, 0.15) is 58.8 Å². The summed E-state index contributed by atoms with van der Waals surface area (Å²) < 4.78 is 6.43. The van der Waals surface area contributed by atoms with Crippen molar-refractivity contribution in [1.82, 2.24) is 15.2 Å². The van der Waals surface area contributed by atoms with Gasteiger partial charge in [0.2, 0.25) is 11.0 Å². The largest absolute Gasteiger partial charge is 0.452 e. The van der Waals surface area contributed by atoms with E-state index in [0.29, 0.717) is 17.0 Å².